The molecule has 0 aromatic heterocycles. The number of carbonyl (C=O) groups excluding carboxylic acids is 1. The summed E-state index contributed by atoms with van der Waals surface area (Å²) in [6, 6.07) is 0. The highest BCUT2D eigenvalue weighted by atomic mass is 16.5. The molecule has 0 bridgehead atoms. The molecule has 0 saturated heterocycles. The third kappa shape index (κ3) is 4.58. The predicted octanol–water partition coefficient (Wildman–Crippen LogP) is 1.97. The quantitative estimate of drug-likeness (QED) is 0.653. The lowest BCUT2D eigenvalue weighted by Crippen LogP contribution is -2.45. The average Bonchev–Trinajstić information content (AvgIpc) is 2.83. The molecule has 0 aromatic carbocycles. The second-order valence-electron chi connectivity index (χ2n) is 5.35. The fourth-order valence-electron chi connectivity index (χ4n) is 2.55. The lowest BCUT2D eigenvalue weighted by atomic mass is 10.0. The Morgan fingerprint density at radius 2 is 2.06 bits per heavy atom. The van der Waals surface area contributed by atoms with Crippen molar-refractivity contribution in [1.82, 2.24) is 5.32 Å². The maximum absolute atomic E-state index is 11.9. The van der Waals surface area contributed by atoms with Gasteiger partial charge in [0.15, 0.2) is 0 Å². The van der Waals surface area contributed by atoms with Crippen LogP contribution in [0, 0.1) is 0 Å². The predicted molar refractivity (Wildman–Crippen MR) is 73.3 cm³/mol. The van der Waals surface area contributed by atoms with Crippen LogP contribution in [0.2, 0.25) is 0 Å². The molecule has 1 aliphatic rings. The maximum Gasteiger partial charge on any atom is 0.248 e. The van der Waals surface area contributed by atoms with Gasteiger partial charge in [-0.3, -0.25) is 4.79 Å². The minimum atomic E-state index is -0.395. The van der Waals surface area contributed by atoms with Gasteiger partial charge in [-0.15, -0.1) is 0 Å². The van der Waals surface area contributed by atoms with Crippen molar-refractivity contribution in [3.8, 4) is 0 Å². The van der Waals surface area contributed by atoms with Crippen molar-refractivity contribution in [3.63, 3.8) is 0 Å². The van der Waals surface area contributed by atoms with Gasteiger partial charge in [0.25, 0.3) is 0 Å². The van der Waals surface area contributed by atoms with Crippen LogP contribution in [0.1, 0.15) is 58.8 Å². The molecule has 106 valence electrons. The van der Waals surface area contributed by atoms with Gasteiger partial charge < -0.3 is 15.8 Å². The monoisotopic (exact) mass is 256 g/mol. The van der Waals surface area contributed by atoms with Crippen LogP contribution in [0.15, 0.2) is 0 Å². The van der Waals surface area contributed by atoms with Gasteiger partial charge in [0, 0.05) is 13.1 Å². The lowest BCUT2D eigenvalue weighted by molar-refractivity contribution is -0.144. The van der Waals surface area contributed by atoms with Crippen molar-refractivity contribution in [2.45, 2.75) is 70.5 Å². The van der Waals surface area contributed by atoms with Crippen molar-refractivity contribution >= 4 is 5.91 Å². The van der Waals surface area contributed by atoms with Crippen LogP contribution in [0.4, 0.5) is 0 Å². The van der Waals surface area contributed by atoms with E-state index in [-0.39, 0.29) is 11.5 Å². The molecule has 0 radical (unpaired) electrons. The molecule has 1 aliphatic carbocycles. The minimum Gasteiger partial charge on any atom is -0.361 e. The summed E-state index contributed by atoms with van der Waals surface area (Å²) >= 11 is 0. The van der Waals surface area contributed by atoms with Crippen LogP contribution in [0.3, 0.4) is 0 Å². The number of carbonyl (C=O) groups is 1. The van der Waals surface area contributed by atoms with Crippen LogP contribution >= 0.6 is 0 Å². The Morgan fingerprint density at radius 1 is 1.39 bits per heavy atom. The van der Waals surface area contributed by atoms with Gasteiger partial charge in [-0.05, 0) is 26.2 Å². The molecule has 1 atom stereocenters. The SMILES string of the molecule is CCCCCNC(=O)C(C)OC1(CN)CCCC1. The Kier molecular flexibility index (Phi) is 6.65. The molecule has 1 rings (SSSR count). The molecule has 0 aliphatic heterocycles. The highest BCUT2D eigenvalue weighted by Crippen LogP contribution is 2.33. The number of hydrogen-bond acceptors (Lipinski definition) is 3. The fraction of sp³-hybridized carbons (Fsp3) is 0.929. The zero-order chi connectivity index (χ0) is 13.4. The van der Waals surface area contributed by atoms with Gasteiger partial charge in [-0.25, -0.2) is 0 Å². The van der Waals surface area contributed by atoms with E-state index in [0.29, 0.717) is 6.54 Å². The first-order valence-corrected chi connectivity index (χ1v) is 7.29. The minimum absolute atomic E-state index is 0.00849. The van der Waals surface area contributed by atoms with Crippen LogP contribution < -0.4 is 11.1 Å². The molecule has 1 saturated carbocycles. The number of rotatable bonds is 8. The van der Waals surface area contributed by atoms with E-state index in [9.17, 15) is 4.79 Å². The maximum atomic E-state index is 11.9. The van der Waals surface area contributed by atoms with Gasteiger partial charge in [0.1, 0.15) is 6.10 Å². The first-order chi connectivity index (χ1) is 8.63. The smallest absolute Gasteiger partial charge is 0.248 e. The molecular formula is C14H28N2O2. The van der Waals surface area contributed by atoms with E-state index < -0.39 is 6.10 Å². The highest BCUT2D eigenvalue weighted by Gasteiger charge is 2.36. The number of ether oxygens (including phenoxy) is 1. The third-order valence-corrected chi connectivity index (χ3v) is 3.76. The molecular weight excluding hydrogens is 228 g/mol. The number of amides is 1. The van der Waals surface area contributed by atoms with Crippen molar-refractivity contribution in [2.24, 2.45) is 5.73 Å². The van der Waals surface area contributed by atoms with Crippen molar-refractivity contribution in [2.75, 3.05) is 13.1 Å². The van der Waals surface area contributed by atoms with Gasteiger partial charge in [-0.1, -0.05) is 32.6 Å². The summed E-state index contributed by atoms with van der Waals surface area (Å²) in [6.45, 7) is 5.24. The van der Waals surface area contributed by atoms with Crippen molar-refractivity contribution in [3.05, 3.63) is 0 Å². The van der Waals surface area contributed by atoms with E-state index in [1.54, 1.807) is 0 Å². The lowest BCUT2D eigenvalue weighted by Gasteiger charge is -2.30. The van der Waals surface area contributed by atoms with E-state index >= 15 is 0 Å². The highest BCUT2D eigenvalue weighted by molar-refractivity contribution is 5.80. The van der Waals surface area contributed by atoms with Gasteiger partial charge in [-0.2, -0.15) is 0 Å². The molecule has 1 amide bonds. The van der Waals surface area contributed by atoms with Gasteiger partial charge in [0.2, 0.25) is 5.91 Å². The molecule has 0 heterocycles. The molecule has 4 heteroatoms. The summed E-state index contributed by atoms with van der Waals surface area (Å²) in [7, 11) is 0. The molecule has 3 N–H and O–H groups in total. The second kappa shape index (κ2) is 7.74. The Morgan fingerprint density at radius 3 is 2.61 bits per heavy atom. The molecule has 0 spiro atoms. The summed E-state index contributed by atoms with van der Waals surface area (Å²) in [5.74, 6) is -0.00849. The van der Waals surface area contributed by atoms with Crippen LogP contribution in [0.5, 0.6) is 0 Å². The molecule has 1 unspecified atom stereocenters. The number of nitrogens with one attached hydrogen (secondary N) is 1. The average molecular weight is 256 g/mol. The van der Waals surface area contributed by atoms with Crippen molar-refractivity contribution in [1.29, 1.82) is 0 Å². The second-order valence-corrected chi connectivity index (χ2v) is 5.35. The summed E-state index contributed by atoms with van der Waals surface area (Å²) in [5, 5.41) is 2.93. The van der Waals surface area contributed by atoms with E-state index in [2.05, 4.69) is 12.2 Å². The Balaban J connectivity index is 2.30. The molecule has 0 aromatic rings. The first-order valence-electron chi connectivity index (χ1n) is 7.29. The summed E-state index contributed by atoms with van der Waals surface area (Å²) in [6.07, 6.45) is 7.24. The third-order valence-electron chi connectivity index (χ3n) is 3.76. The van der Waals surface area contributed by atoms with Gasteiger partial charge >= 0.3 is 0 Å². The normalized spacial score (nSPS) is 19.7. The molecule has 18 heavy (non-hydrogen) atoms. The Hall–Kier alpha value is -0.610. The zero-order valence-electron chi connectivity index (χ0n) is 11.8. The van der Waals surface area contributed by atoms with Crippen LogP contribution in [0.25, 0.3) is 0 Å². The number of unbranched alkanes of at least 4 members (excludes halogenated alkanes) is 2. The summed E-state index contributed by atoms with van der Waals surface area (Å²) in [5.41, 5.74) is 5.55. The molecule has 1 fully saturated rings. The van der Waals surface area contributed by atoms with Crippen LogP contribution in [-0.2, 0) is 9.53 Å². The van der Waals surface area contributed by atoms with Crippen LogP contribution in [-0.4, -0.2) is 30.7 Å². The molecule has 4 nitrogen and oxygen atoms in total. The number of hydrogen-bond donors (Lipinski definition) is 2. The van der Waals surface area contributed by atoms with E-state index in [4.69, 9.17) is 10.5 Å². The number of nitrogens with two attached hydrogens (primary N) is 1. The van der Waals surface area contributed by atoms with E-state index in [1.165, 1.54) is 0 Å². The zero-order valence-corrected chi connectivity index (χ0v) is 11.8. The largest absolute Gasteiger partial charge is 0.361 e. The fourth-order valence-corrected chi connectivity index (χ4v) is 2.55. The first kappa shape index (κ1) is 15.4. The summed E-state index contributed by atoms with van der Waals surface area (Å²) < 4.78 is 5.93. The topological polar surface area (TPSA) is 64.3 Å². The van der Waals surface area contributed by atoms with E-state index in [0.717, 1.165) is 51.5 Å². The Labute approximate surface area is 111 Å². The summed E-state index contributed by atoms with van der Waals surface area (Å²) in [4.78, 5) is 11.9. The van der Waals surface area contributed by atoms with E-state index in [1.807, 2.05) is 6.92 Å². The van der Waals surface area contributed by atoms with Gasteiger partial charge in [0.05, 0.1) is 5.60 Å². The van der Waals surface area contributed by atoms with Crippen molar-refractivity contribution < 1.29 is 9.53 Å². The Bertz CT molecular complexity index is 250. The standard InChI is InChI=1S/C14H28N2O2/c1-3-4-7-10-16-13(17)12(2)18-14(11-15)8-5-6-9-14/h12H,3-11,15H2,1-2H3,(H,16,17).